The Kier molecular flexibility index (Phi) is 2.72. The molecule has 2 N–H and O–H groups in total. The van der Waals surface area contributed by atoms with Crippen LogP contribution >= 0.6 is 15.9 Å². The molecule has 0 aliphatic rings. The topological polar surface area (TPSA) is 45.2 Å². The lowest BCUT2D eigenvalue weighted by molar-refractivity contribution is 0.473. The predicted molar refractivity (Wildman–Crippen MR) is 74.2 cm³/mol. The van der Waals surface area contributed by atoms with Crippen LogP contribution in [0.25, 0.3) is 10.9 Å². The van der Waals surface area contributed by atoms with Crippen molar-refractivity contribution in [2.75, 3.05) is 0 Å². The van der Waals surface area contributed by atoms with Gasteiger partial charge in [-0.05, 0) is 46.3 Å². The van der Waals surface area contributed by atoms with Crippen molar-refractivity contribution >= 4 is 26.8 Å². The van der Waals surface area contributed by atoms with E-state index >= 15 is 0 Å². The summed E-state index contributed by atoms with van der Waals surface area (Å²) in [6.45, 7) is 0. The molecule has 3 aromatic rings. The lowest BCUT2D eigenvalue weighted by atomic mass is 10.2. The average Bonchev–Trinajstić information content (AvgIpc) is 2.75. The molecule has 4 heteroatoms. The molecule has 0 amide bonds. The quantitative estimate of drug-likeness (QED) is 0.735. The second-order valence-corrected chi connectivity index (χ2v) is 4.77. The van der Waals surface area contributed by atoms with E-state index in [-0.39, 0.29) is 5.75 Å². The number of rotatable bonds is 2. The highest BCUT2D eigenvalue weighted by Gasteiger charge is 2.08. The highest BCUT2D eigenvalue weighted by atomic mass is 79.9. The maximum absolute atomic E-state index is 9.52. The Morgan fingerprint density at radius 2 is 1.89 bits per heavy atom. The molecule has 1 aromatic heterocycles. The van der Waals surface area contributed by atoms with E-state index in [9.17, 15) is 5.11 Å². The number of halogens is 1. The molecule has 0 aliphatic heterocycles. The molecule has 0 fully saturated rings. The van der Waals surface area contributed by atoms with Crippen molar-refractivity contribution in [2.45, 2.75) is 0 Å². The molecule has 90 valence electrons. The fraction of sp³-hybridized carbons (Fsp3) is 0. The number of aromatic amines is 1. The van der Waals surface area contributed by atoms with Gasteiger partial charge in [-0.15, -0.1) is 0 Å². The Bertz CT molecular complexity index is 706. The minimum atomic E-state index is 0.221. The molecule has 2 aromatic carbocycles. The average molecular weight is 304 g/mol. The molecule has 0 unspecified atom stereocenters. The van der Waals surface area contributed by atoms with Gasteiger partial charge >= 0.3 is 0 Å². The molecule has 0 radical (unpaired) electrons. The number of aromatic nitrogens is 1. The summed E-state index contributed by atoms with van der Waals surface area (Å²) < 4.78 is 6.72. The number of fused-ring (bicyclic) bond motifs is 1. The molecule has 0 saturated carbocycles. The van der Waals surface area contributed by atoms with Gasteiger partial charge in [0.1, 0.15) is 11.5 Å². The van der Waals surface area contributed by atoms with E-state index in [0.717, 1.165) is 21.1 Å². The first-order valence-electron chi connectivity index (χ1n) is 5.46. The number of hydrogen-bond acceptors (Lipinski definition) is 2. The van der Waals surface area contributed by atoms with E-state index in [1.54, 1.807) is 18.3 Å². The van der Waals surface area contributed by atoms with Crippen molar-refractivity contribution in [2.24, 2.45) is 0 Å². The number of ether oxygens (including phenoxy) is 1. The predicted octanol–water partition coefficient (Wildman–Crippen LogP) is 4.43. The number of phenolic OH excluding ortho intramolecular Hbond substituents is 1. The summed E-state index contributed by atoms with van der Waals surface area (Å²) in [4.78, 5) is 3.10. The number of benzene rings is 2. The lowest BCUT2D eigenvalue weighted by Gasteiger charge is -2.06. The highest BCUT2D eigenvalue weighted by molar-refractivity contribution is 9.10. The van der Waals surface area contributed by atoms with E-state index in [2.05, 4.69) is 20.9 Å². The summed E-state index contributed by atoms with van der Waals surface area (Å²) in [6.07, 6.45) is 1.78. The Hall–Kier alpha value is -1.94. The van der Waals surface area contributed by atoms with E-state index in [0.29, 0.717) is 5.75 Å². The Morgan fingerprint density at radius 1 is 1.06 bits per heavy atom. The van der Waals surface area contributed by atoms with Crippen molar-refractivity contribution in [3.8, 4) is 17.2 Å². The van der Waals surface area contributed by atoms with Gasteiger partial charge in [0, 0.05) is 17.1 Å². The van der Waals surface area contributed by atoms with Crippen LogP contribution in [-0.2, 0) is 0 Å². The van der Waals surface area contributed by atoms with Crippen LogP contribution in [0.2, 0.25) is 0 Å². The van der Waals surface area contributed by atoms with Crippen LogP contribution in [0.15, 0.2) is 53.1 Å². The zero-order valence-electron chi connectivity index (χ0n) is 9.35. The molecule has 0 aliphatic carbocycles. The first kappa shape index (κ1) is 11.2. The van der Waals surface area contributed by atoms with Crippen molar-refractivity contribution in [1.29, 1.82) is 0 Å². The van der Waals surface area contributed by atoms with Crippen LogP contribution in [0.4, 0.5) is 0 Å². The SMILES string of the molecule is Oc1ccc2[nH]cc(Oc3ccccc3Br)c2c1. The molecule has 3 nitrogen and oxygen atoms in total. The number of hydrogen-bond donors (Lipinski definition) is 2. The maximum Gasteiger partial charge on any atom is 0.152 e. The summed E-state index contributed by atoms with van der Waals surface area (Å²) in [5.74, 6) is 1.65. The summed E-state index contributed by atoms with van der Waals surface area (Å²) in [5, 5.41) is 10.4. The number of nitrogens with one attached hydrogen (secondary N) is 1. The molecule has 0 bridgehead atoms. The van der Waals surface area contributed by atoms with E-state index in [4.69, 9.17) is 4.74 Å². The number of aromatic hydroxyl groups is 1. The first-order valence-corrected chi connectivity index (χ1v) is 6.26. The van der Waals surface area contributed by atoms with Gasteiger partial charge in [-0.2, -0.15) is 0 Å². The van der Waals surface area contributed by atoms with Gasteiger partial charge in [-0.1, -0.05) is 12.1 Å². The van der Waals surface area contributed by atoms with E-state index in [1.165, 1.54) is 0 Å². The third-order valence-electron chi connectivity index (χ3n) is 2.68. The van der Waals surface area contributed by atoms with Gasteiger partial charge in [0.15, 0.2) is 5.75 Å². The standard InChI is InChI=1S/C14H10BrNO2/c15-11-3-1-2-4-13(11)18-14-8-16-12-6-5-9(17)7-10(12)14/h1-8,16-17H. The fourth-order valence-electron chi connectivity index (χ4n) is 1.81. The van der Waals surface area contributed by atoms with Crippen LogP contribution < -0.4 is 4.74 Å². The molecule has 18 heavy (non-hydrogen) atoms. The Morgan fingerprint density at radius 3 is 2.72 bits per heavy atom. The first-order chi connectivity index (χ1) is 8.74. The molecule has 3 rings (SSSR count). The van der Waals surface area contributed by atoms with Gasteiger partial charge in [-0.25, -0.2) is 0 Å². The normalized spacial score (nSPS) is 10.7. The second-order valence-electron chi connectivity index (χ2n) is 3.92. The van der Waals surface area contributed by atoms with Crippen LogP contribution in [0.3, 0.4) is 0 Å². The van der Waals surface area contributed by atoms with Crippen LogP contribution in [0.5, 0.6) is 17.2 Å². The summed E-state index contributed by atoms with van der Waals surface area (Å²) in [7, 11) is 0. The third kappa shape index (κ3) is 1.95. The molecular weight excluding hydrogens is 294 g/mol. The summed E-state index contributed by atoms with van der Waals surface area (Å²) in [5.41, 5.74) is 0.926. The van der Waals surface area contributed by atoms with Crippen LogP contribution in [0.1, 0.15) is 0 Å². The highest BCUT2D eigenvalue weighted by Crippen LogP contribution is 2.34. The molecular formula is C14H10BrNO2. The number of H-pyrrole nitrogens is 1. The second kappa shape index (κ2) is 4.38. The monoisotopic (exact) mass is 303 g/mol. The molecule has 0 saturated heterocycles. The van der Waals surface area contributed by atoms with Gasteiger partial charge in [0.25, 0.3) is 0 Å². The van der Waals surface area contributed by atoms with E-state index in [1.807, 2.05) is 30.3 Å². The Balaban J connectivity index is 2.05. The number of para-hydroxylation sites is 1. The van der Waals surface area contributed by atoms with Crippen molar-refractivity contribution in [3.05, 3.63) is 53.1 Å². The van der Waals surface area contributed by atoms with Gasteiger partial charge < -0.3 is 14.8 Å². The maximum atomic E-state index is 9.52. The fourth-order valence-corrected chi connectivity index (χ4v) is 2.18. The van der Waals surface area contributed by atoms with E-state index < -0.39 is 0 Å². The zero-order chi connectivity index (χ0) is 12.5. The Labute approximate surface area is 112 Å². The molecule has 0 spiro atoms. The van der Waals surface area contributed by atoms with Crippen molar-refractivity contribution in [1.82, 2.24) is 4.98 Å². The summed E-state index contributed by atoms with van der Waals surface area (Å²) in [6, 6.07) is 12.8. The van der Waals surface area contributed by atoms with Crippen LogP contribution in [-0.4, -0.2) is 10.1 Å². The summed E-state index contributed by atoms with van der Waals surface area (Å²) >= 11 is 3.44. The minimum absolute atomic E-state index is 0.221. The number of phenols is 1. The van der Waals surface area contributed by atoms with Gasteiger partial charge in [0.05, 0.1) is 4.47 Å². The van der Waals surface area contributed by atoms with Crippen molar-refractivity contribution in [3.63, 3.8) is 0 Å². The van der Waals surface area contributed by atoms with Gasteiger partial charge in [0.2, 0.25) is 0 Å². The zero-order valence-corrected chi connectivity index (χ0v) is 10.9. The van der Waals surface area contributed by atoms with Gasteiger partial charge in [-0.3, -0.25) is 0 Å². The third-order valence-corrected chi connectivity index (χ3v) is 3.34. The minimum Gasteiger partial charge on any atom is -0.508 e. The van der Waals surface area contributed by atoms with Crippen LogP contribution in [0, 0.1) is 0 Å². The lowest BCUT2D eigenvalue weighted by Crippen LogP contribution is -1.83. The molecule has 1 heterocycles. The van der Waals surface area contributed by atoms with Crippen molar-refractivity contribution < 1.29 is 9.84 Å². The largest absolute Gasteiger partial charge is 0.508 e. The molecule has 0 atom stereocenters. The smallest absolute Gasteiger partial charge is 0.152 e.